The zero-order valence-electron chi connectivity index (χ0n) is 12.7. The van der Waals surface area contributed by atoms with Crippen LogP contribution in [-0.2, 0) is 4.79 Å². The van der Waals surface area contributed by atoms with E-state index < -0.39 is 0 Å². The number of carbonyl (C=O) groups is 1. The van der Waals surface area contributed by atoms with Gasteiger partial charge in [-0.15, -0.1) is 0 Å². The molecule has 1 aliphatic carbocycles. The van der Waals surface area contributed by atoms with Gasteiger partial charge in [0.2, 0.25) is 5.91 Å². The third-order valence-electron chi connectivity index (χ3n) is 4.34. The summed E-state index contributed by atoms with van der Waals surface area (Å²) in [4.78, 5) is 14.6. The van der Waals surface area contributed by atoms with Crippen molar-refractivity contribution in [3.63, 3.8) is 0 Å². The van der Waals surface area contributed by atoms with E-state index in [1.807, 2.05) is 6.92 Å². The molecule has 4 heteroatoms. The quantitative estimate of drug-likeness (QED) is 0.807. The molecule has 0 heterocycles. The van der Waals surface area contributed by atoms with Gasteiger partial charge in [0.15, 0.2) is 0 Å². The van der Waals surface area contributed by atoms with Crippen LogP contribution in [0.1, 0.15) is 53.4 Å². The van der Waals surface area contributed by atoms with Crippen molar-refractivity contribution in [1.82, 2.24) is 4.90 Å². The molecule has 0 bridgehead atoms. The summed E-state index contributed by atoms with van der Waals surface area (Å²) in [6.07, 6.45) is 4.33. The Hall–Kier alpha value is -0.640. The fourth-order valence-electron chi connectivity index (χ4n) is 3.00. The number of nitrogens with two attached hydrogens (primary N) is 1. The standard InChI is InChI=1S/C15H28N2OS/c1-5-17(10-13(16)19)14(18)11-6-8-12(9-7-11)15(2,3)4/h11-12H,5-10H2,1-4H3,(H2,16,19). The number of nitrogens with zero attached hydrogens (tertiary/aromatic N) is 1. The van der Waals surface area contributed by atoms with Gasteiger partial charge in [-0.3, -0.25) is 4.79 Å². The fourth-order valence-corrected chi connectivity index (χ4v) is 3.15. The zero-order valence-corrected chi connectivity index (χ0v) is 13.6. The molecule has 0 aromatic rings. The van der Waals surface area contributed by atoms with Crippen molar-refractivity contribution in [3.05, 3.63) is 0 Å². The van der Waals surface area contributed by atoms with Crippen molar-refractivity contribution in [3.8, 4) is 0 Å². The number of likely N-dealkylation sites (N-methyl/N-ethyl adjacent to an activating group) is 1. The van der Waals surface area contributed by atoms with Crippen molar-refractivity contribution >= 4 is 23.1 Å². The van der Waals surface area contributed by atoms with Crippen LogP contribution in [0.4, 0.5) is 0 Å². The molecule has 1 fully saturated rings. The minimum absolute atomic E-state index is 0.174. The van der Waals surface area contributed by atoms with Gasteiger partial charge >= 0.3 is 0 Å². The van der Waals surface area contributed by atoms with E-state index in [0.29, 0.717) is 23.5 Å². The topological polar surface area (TPSA) is 46.3 Å². The summed E-state index contributed by atoms with van der Waals surface area (Å²) in [6.45, 7) is 9.98. The Morgan fingerprint density at radius 2 is 1.79 bits per heavy atom. The predicted octanol–water partition coefficient (Wildman–Crippen LogP) is 2.97. The number of rotatable bonds is 4. The number of hydrogen-bond donors (Lipinski definition) is 1. The molecule has 0 aromatic carbocycles. The summed E-state index contributed by atoms with van der Waals surface area (Å²) in [6, 6.07) is 0. The Labute approximate surface area is 122 Å². The van der Waals surface area contributed by atoms with E-state index in [1.165, 1.54) is 0 Å². The summed E-state index contributed by atoms with van der Waals surface area (Å²) in [7, 11) is 0. The largest absolute Gasteiger partial charge is 0.392 e. The van der Waals surface area contributed by atoms with E-state index in [-0.39, 0.29) is 11.8 Å². The Kier molecular flexibility index (Phi) is 5.78. The minimum atomic E-state index is 0.174. The Balaban J connectivity index is 2.54. The Bertz CT molecular complexity index is 328. The van der Waals surface area contributed by atoms with Crippen molar-refractivity contribution in [2.75, 3.05) is 13.1 Å². The average molecular weight is 284 g/mol. The van der Waals surface area contributed by atoms with Crippen LogP contribution < -0.4 is 5.73 Å². The zero-order chi connectivity index (χ0) is 14.6. The maximum atomic E-state index is 12.4. The molecule has 0 aromatic heterocycles. The summed E-state index contributed by atoms with van der Waals surface area (Å²) in [5.41, 5.74) is 5.91. The number of thiocarbonyl (C=S) groups is 1. The smallest absolute Gasteiger partial charge is 0.226 e. The fraction of sp³-hybridized carbons (Fsp3) is 0.867. The normalized spacial score (nSPS) is 24.0. The van der Waals surface area contributed by atoms with E-state index >= 15 is 0 Å². The second-order valence-electron chi connectivity index (χ2n) is 6.73. The molecule has 0 aliphatic heterocycles. The van der Waals surface area contributed by atoms with E-state index in [2.05, 4.69) is 20.8 Å². The summed E-state index contributed by atoms with van der Waals surface area (Å²) in [5.74, 6) is 1.15. The lowest BCUT2D eigenvalue weighted by atomic mass is 9.69. The lowest BCUT2D eigenvalue weighted by Crippen LogP contribution is -2.42. The first-order chi connectivity index (χ1) is 8.75. The van der Waals surface area contributed by atoms with E-state index in [4.69, 9.17) is 18.0 Å². The molecule has 110 valence electrons. The highest BCUT2D eigenvalue weighted by Crippen LogP contribution is 2.40. The second-order valence-corrected chi connectivity index (χ2v) is 7.26. The van der Waals surface area contributed by atoms with Crippen LogP contribution in [0.15, 0.2) is 0 Å². The highest BCUT2D eigenvalue weighted by Gasteiger charge is 2.33. The summed E-state index contributed by atoms with van der Waals surface area (Å²) >= 11 is 4.91. The Morgan fingerprint density at radius 1 is 1.26 bits per heavy atom. The van der Waals surface area contributed by atoms with Crippen LogP contribution in [0.25, 0.3) is 0 Å². The minimum Gasteiger partial charge on any atom is -0.392 e. The first-order valence-corrected chi connectivity index (χ1v) is 7.73. The van der Waals surface area contributed by atoms with Gasteiger partial charge in [-0.25, -0.2) is 0 Å². The van der Waals surface area contributed by atoms with Gasteiger partial charge in [0.05, 0.1) is 11.5 Å². The maximum Gasteiger partial charge on any atom is 0.226 e. The molecule has 3 nitrogen and oxygen atoms in total. The van der Waals surface area contributed by atoms with Gasteiger partial charge in [-0.2, -0.15) is 0 Å². The Morgan fingerprint density at radius 3 is 2.16 bits per heavy atom. The van der Waals surface area contributed by atoms with Crippen LogP contribution in [-0.4, -0.2) is 28.9 Å². The van der Waals surface area contributed by atoms with Crippen molar-refractivity contribution < 1.29 is 4.79 Å². The highest BCUT2D eigenvalue weighted by molar-refractivity contribution is 7.80. The predicted molar refractivity (Wildman–Crippen MR) is 83.9 cm³/mol. The first-order valence-electron chi connectivity index (χ1n) is 7.32. The highest BCUT2D eigenvalue weighted by atomic mass is 32.1. The number of carbonyl (C=O) groups excluding carboxylic acids is 1. The molecule has 0 radical (unpaired) electrons. The lowest BCUT2D eigenvalue weighted by Gasteiger charge is -2.37. The molecule has 1 rings (SSSR count). The first kappa shape index (κ1) is 16.4. The molecule has 1 aliphatic rings. The monoisotopic (exact) mass is 284 g/mol. The van der Waals surface area contributed by atoms with Gasteiger partial charge in [-0.1, -0.05) is 33.0 Å². The number of amides is 1. The second kappa shape index (κ2) is 6.69. The van der Waals surface area contributed by atoms with Gasteiger partial charge in [0.1, 0.15) is 0 Å². The summed E-state index contributed by atoms with van der Waals surface area (Å²) in [5, 5.41) is 0. The van der Waals surface area contributed by atoms with Crippen LogP contribution in [0.5, 0.6) is 0 Å². The number of hydrogen-bond acceptors (Lipinski definition) is 2. The third-order valence-corrected chi connectivity index (χ3v) is 4.47. The van der Waals surface area contributed by atoms with Crippen LogP contribution in [0.3, 0.4) is 0 Å². The van der Waals surface area contributed by atoms with Gasteiger partial charge < -0.3 is 10.6 Å². The van der Waals surface area contributed by atoms with Gasteiger partial charge in [-0.05, 0) is 43.9 Å². The molecule has 0 atom stereocenters. The SMILES string of the molecule is CCN(CC(N)=S)C(=O)C1CCC(C(C)(C)C)CC1. The summed E-state index contributed by atoms with van der Waals surface area (Å²) < 4.78 is 0. The molecule has 0 saturated heterocycles. The molecular formula is C15H28N2OS. The van der Waals surface area contributed by atoms with Gasteiger partial charge in [0, 0.05) is 12.5 Å². The molecule has 1 amide bonds. The van der Waals surface area contributed by atoms with Crippen LogP contribution in [0, 0.1) is 17.3 Å². The van der Waals surface area contributed by atoms with E-state index in [0.717, 1.165) is 31.6 Å². The maximum absolute atomic E-state index is 12.4. The molecular weight excluding hydrogens is 256 g/mol. The van der Waals surface area contributed by atoms with Crippen molar-refractivity contribution in [1.29, 1.82) is 0 Å². The molecule has 0 spiro atoms. The van der Waals surface area contributed by atoms with E-state index in [1.54, 1.807) is 4.90 Å². The van der Waals surface area contributed by atoms with Crippen molar-refractivity contribution in [2.24, 2.45) is 23.0 Å². The van der Waals surface area contributed by atoms with Crippen LogP contribution in [0.2, 0.25) is 0 Å². The average Bonchev–Trinajstić information content (AvgIpc) is 2.34. The molecule has 1 saturated carbocycles. The van der Waals surface area contributed by atoms with Crippen molar-refractivity contribution in [2.45, 2.75) is 53.4 Å². The van der Waals surface area contributed by atoms with Gasteiger partial charge in [0.25, 0.3) is 0 Å². The van der Waals surface area contributed by atoms with Crippen LogP contribution >= 0.6 is 12.2 Å². The molecule has 19 heavy (non-hydrogen) atoms. The molecule has 0 unspecified atom stereocenters. The third kappa shape index (κ3) is 4.75. The molecule has 2 N–H and O–H groups in total. The van der Waals surface area contributed by atoms with E-state index in [9.17, 15) is 4.79 Å². The lowest BCUT2D eigenvalue weighted by molar-refractivity contribution is -0.136.